The van der Waals surface area contributed by atoms with E-state index in [4.69, 9.17) is 0 Å². The van der Waals surface area contributed by atoms with Gasteiger partial charge in [0.05, 0.1) is 0 Å². The van der Waals surface area contributed by atoms with E-state index in [9.17, 15) is 9.59 Å². The fourth-order valence-corrected chi connectivity index (χ4v) is 2.64. The fourth-order valence-electron chi connectivity index (χ4n) is 2.64. The van der Waals surface area contributed by atoms with Gasteiger partial charge in [-0.1, -0.05) is 52.8 Å². The zero-order valence-corrected chi connectivity index (χ0v) is 17.6. The molecule has 2 aromatic carbocycles. The molecular weight excluding hydrogens is 350 g/mol. The first-order valence-electron chi connectivity index (χ1n) is 9.66. The van der Waals surface area contributed by atoms with Crippen LogP contribution in [0.1, 0.15) is 53.0 Å². The van der Waals surface area contributed by atoms with Crippen molar-refractivity contribution in [2.24, 2.45) is 5.41 Å². The maximum absolute atomic E-state index is 12.6. The van der Waals surface area contributed by atoms with Crippen LogP contribution in [0.3, 0.4) is 0 Å². The highest BCUT2D eigenvalue weighted by molar-refractivity contribution is 5.97. The standard InChI is InChI=1S/C23H31N3O2/c1-15(2)19-9-7-8-10-20(19)26-21(27)16(3)24-17-11-13-18(14-12-17)25-22(28)23(4,5)6/h7-16,24H,1-6H3,(H,25,28)(H,26,27). The predicted molar refractivity (Wildman–Crippen MR) is 117 cm³/mol. The Hall–Kier alpha value is -2.82. The molecule has 0 heterocycles. The number of para-hydroxylation sites is 1. The first kappa shape index (κ1) is 21.5. The maximum Gasteiger partial charge on any atom is 0.246 e. The van der Waals surface area contributed by atoms with Crippen LogP contribution in [-0.4, -0.2) is 17.9 Å². The second-order valence-corrected chi connectivity index (χ2v) is 8.38. The summed E-state index contributed by atoms with van der Waals surface area (Å²) in [6.07, 6.45) is 0. The number of hydrogen-bond donors (Lipinski definition) is 3. The summed E-state index contributed by atoms with van der Waals surface area (Å²) in [6.45, 7) is 11.6. The van der Waals surface area contributed by atoms with Crippen molar-refractivity contribution in [3.63, 3.8) is 0 Å². The van der Waals surface area contributed by atoms with Gasteiger partial charge < -0.3 is 16.0 Å². The summed E-state index contributed by atoms with van der Waals surface area (Å²) in [6, 6.07) is 14.8. The normalized spacial score (nSPS) is 12.4. The van der Waals surface area contributed by atoms with Gasteiger partial charge in [0.15, 0.2) is 0 Å². The lowest BCUT2D eigenvalue weighted by Crippen LogP contribution is -2.32. The van der Waals surface area contributed by atoms with Crippen molar-refractivity contribution in [1.82, 2.24) is 0 Å². The molecule has 1 unspecified atom stereocenters. The monoisotopic (exact) mass is 381 g/mol. The minimum atomic E-state index is -0.449. The Kier molecular flexibility index (Phi) is 6.84. The summed E-state index contributed by atoms with van der Waals surface area (Å²) >= 11 is 0. The van der Waals surface area contributed by atoms with E-state index in [1.807, 2.05) is 76.2 Å². The highest BCUT2D eigenvalue weighted by atomic mass is 16.2. The summed E-state index contributed by atoms with van der Waals surface area (Å²) in [5.41, 5.74) is 3.05. The Bertz CT molecular complexity index is 820. The number of carbonyl (C=O) groups excluding carboxylic acids is 2. The Morgan fingerprint density at radius 2 is 1.39 bits per heavy atom. The molecule has 0 bridgehead atoms. The highest BCUT2D eigenvalue weighted by Crippen LogP contribution is 2.24. The third-order valence-electron chi connectivity index (χ3n) is 4.44. The van der Waals surface area contributed by atoms with Crippen molar-refractivity contribution >= 4 is 28.9 Å². The lowest BCUT2D eigenvalue weighted by Gasteiger charge is -2.19. The van der Waals surface area contributed by atoms with Crippen LogP contribution in [-0.2, 0) is 9.59 Å². The second kappa shape index (κ2) is 8.91. The molecule has 2 rings (SSSR count). The quantitative estimate of drug-likeness (QED) is 0.641. The number of amides is 2. The van der Waals surface area contributed by atoms with Gasteiger partial charge in [0.2, 0.25) is 11.8 Å². The Morgan fingerprint density at radius 3 is 1.96 bits per heavy atom. The summed E-state index contributed by atoms with van der Waals surface area (Å²) in [7, 11) is 0. The van der Waals surface area contributed by atoms with E-state index < -0.39 is 11.5 Å². The van der Waals surface area contributed by atoms with Crippen molar-refractivity contribution in [2.45, 2.75) is 53.5 Å². The summed E-state index contributed by atoms with van der Waals surface area (Å²) in [5, 5.41) is 9.09. The van der Waals surface area contributed by atoms with Crippen molar-refractivity contribution in [2.75, 3.05) is 16.0 Å². The molecule has 0 aliphatic carbocycles. The molecule has 0 aromatic heterocycles. The molecule has 0 aliphatic rings. The van der Waals surface area contributed by atoms with Crippen molar-refractivity contribution < 1.29 is 9.59 Å². The molecule has 2 aromatic rings. The van der Waals surface area contributed by atoms with E-state index in [1.54, 1.807) is 0 Å². The average molecular weight is 382 g/mol. The summed E-state index contributed by atoms with van der Waals surface area (Å²) in [5.74, 6) is 0.193. The molecule has 5 heteroatoms. The predicted octanol–water partition coefficient (Wildman–Crippen LogP) is 5.23. The van der Waals surface area contributed by atoms with Gasteiger partial charge in [0.25, 0.3) is 0 Å². The molecule has 0 radical (unpaired) electrons. The Labute approximate surface area is 167 Å². The van der Waals surface area contributed by atoms with Crippen molar-refractivity contribution in [3.05, 3.63) is 54.1 Å². The Balaban J connectivity index is 1.98. The van der Waals surface area contributed by atoms with Gasteiger partial charge in [-0.25, -0.2) is 0 Å². The van der Waals surface area contributed by atoms with Crippen LogP contribution in [0.2, 0.25) is 0 Å². The zero-order valence-electron chi connectivity index (χ0n) is 17.6. The lowest BCUT2D eigenvalue weighted by molar-refractivity contribution is -0.123. The van der Waals surface area contributed by atoms with Crippen molar-refractivity contribution in [3.8, 4) is 0 Å². The van der Waals surface area contributed by atoms with Crippen molar-refractivity contribution in [1.29, 1.82) is 0 Å². The molecular formula is C23H31N3O2. The zero-order chi connectivity index (χ0) is 20.9. The molecule has 0 saturated heterocycles. The second-order valence-electron chi connectivity index (χ2n) is 8.38. The smallest absolute Gasteiger partial charge is 0.246 e. The molecule has 0 saturated carbocycles. The van der Waals surface area contributed by atoms with Crippen LogP contribution < -0.4 is 16.0 Å². The average Bonchev–Trinajstić information content (AvgIpc) is 2.62. The van der Waals surface area contributed by atoms with Gasteiger partial charge in [0.1, 0.15) is 6.04 Å². The number of nitrogens with one attached hydrogen (secondary N) is 3. The van der Waals surface area contributed by atoms with E-state index in [-0.39, 0.29) is 11.8 Å². The van der Waals surface area contributed by atoms with Gasteiger partial charge in [-0.3, -0.25) is 9.59 Å². The minimum absolute atomic E-state index is 0.0372. The first-order valence-corrected chi connectivity index (χ1v) is 9.66. The van der Waals surface area contributed by atoms with Gasteiger partial charge in [-0.05, 0) is 48.7 Å². The van der Waals surface area contributed by atoms with Crippen LogP contribution >= 0.6 is 0 Å². The van der Waals surface area contributed by atoms with Gasteiger partial charge in [0, 0.05) is 22.5 Å². The summed E-state index contributed by atoms with van der Waals surface area (Å²) in [4.78, 5) is 24.6. The molecule has 0 fully saturated rings. The number of benzene rings is 2. The van der Waals surface area contributed by atoms with E-state index in [0.29, 0.717) is 5.92 Å². The number of rotatable bonds is 6. The fraction of sp³-hybridized carbons (Fsp3) is 0.391. The van der Waals surface area contributed by atoms with Crippen LogP contribution in [0.25, 0.3) is 0 Å². The molecule has 1 atom stereocenters. The Morgan fingerprint density at radius 1 is 0.821 bits per heavy atom. The van der Waals surface area contributed by atoms with Gasteiger partial charge in [-0.15, -0.1) is 0 Å². The molecule has 5 nitrogen and oxygen atoms in total. The molecule has 3 N–H and O–H groups in total. The third kappa shape index (κ3) is 5.84. The largest absolute Gasteiger partial charge is 0.374 e. The maximum atomic E-state index is 12.6. The number of carbonyl (C=O) groups is 2. The van der Waals surface area contributed by atoms with Gasteiger partial charge in [-0.2, -0.15) is 0 Å². The SMILES string of the molecule is CC(Nc1ccc(NC(=O)C(C)(C)C)cc1)C(=O)Nc1ccccc1C(C)C. The molecule has 28 heavy (non-hydrogen) atoms. The first-order chi connectivity index (χ1) is 13.1. The van der Waals surface area contributed by atoms with Crippen LogP contribution in [0.5, 0.6) is 0 Å². The van der Waals surface area contributed by atoms with Crippen LogP contribution in [0, 0.1) is 5.41 Å². The van der Waals surface area contributed by atoms with E-state index in [1.165, 1.54) is 0 Å². The topological polar surface area (TPSA) is 70.2 Å². The van der Waals surface area contributed by atoms with E-state index >= 15 is 0 Å². The summed E-state index contributed by atoms with van der Waals surface area (Å²) < 4.78 is 0. The lowest BCUT2D eigenvalue weighted by atomic mass is 9.95. The van der Waals surface area contributed by atoms with E-state index in [0.717, 1.165) is 22.6 Å². The molecule has 2 amide bonds. The van der Waals surface area contributed by atoms with Gasteiger partial charge >= 0.3 is 0 Å². The number of hydrogen-bond acceptors (Lipinski definition) is 3. The van der Waals surface area contributed by atoms with Crippen LogP contribution in [0.15, 0.2) is 48.5 Å². The minimum Gasteiger partial charge on any atom is -0.374 e. The van der Waals surface area contributed by atoms with E-state index in [2.05, 4.69) is 29.8 Å². The molecule has 0 aliphatic heterocycles. The third-order valence-corrected chi connectivity index (χ3v) is 4.44. The molecule has 0 spiro atoms. The molecule has 150 valence electrons. The number of anilines is 3. The highest BCUT2D eigenvalue weighted by Gasteiger charge is 2.21. The van der Waals surface area contributed by atoms with Crippen LogP contribution in [0.4, 0.5) is 17.1 Å².